The molecule has 1 aliphatic rings. The van der Waals surface area contributed by atoms with Gasteiger partial charge in [0.25, 0.3) is 5.69 Å². The largest absolute Gasteiger partial charge is 0.489 e. The summed E-state index contributed by atoms with van der Waals surface area (Å²) in [6.07, 6.45) is 3.37. The van der Waals surface area contributed by atoms with Crippen molar-refractivity contribution in [2.24, 2.45) is 0 Å². The first-order chi connectivity index (χ1) is 15.1. The summed E-state index contributed by atoms with van der Waals surface area (Å²) in [5.41, 5.74) is 1.99. The highest BCUT2D eigenvalue weighted by Gasteiger charge is 2.42. The maximum atomic E-state index is 13.3. The number of non-ortho nitro benzene ring substituents is 1. The van der Waals surface area contributed by atoms with Crippen molar-refractivity contribution < 1.29 is 14.5 Å². The number of nitrogens with zero attached hydrogens (tertiary/aromatic N) is 1. The highest BCUT2D eigenvalue weighted by atomic mass is 16.6. The van der Waals surface area contributed by atoms with Crippen LogP contribution in [0.3, 0.4) is 0 Å². The van der Waals surface area contributed by atoms with Crippen LogP contribution in [0.1, 0.15) is 36.8 Å². The normalized spacial score (nSPS) is 14.7. The lowest BCUT2D eigenvalue weighted by molar-refractivity contribution is -0.384. The molecule has 0 bridgehead atoms. The molecule has 4 rings (SSSR count). The fourth-order valence-corrected chi connectivity index (χ4v) is 4.15. The lowest BCUT2D eigenvalue weighted by Gasteiger charge is -2.28. The molecule has 1 saturated carbocycles. The van der Waals surface area contributed by atoms with E-state index in [-0.39, 0.29) is 11.6 Å². The van der Waals surface area contributed by atoms with Gasteiger partial charge in [0.05, 0.1) is 10.3 Å². The fraction of sp³-hybridized carbons (Fsp3) is 0.240. The maximum Gasteiger partial charge on any atom is 0.269 e. The van der Waals surface area contributed by atoms with E-state index in [1.165, 1.54) is 12.1 Å². The van der Waals surface area contributed by atoms with E-state index in [9.17, 15) is 14.9 Å². The van der Waals surface area contributed by atoms with Crippen LogP contribution in [0.4, 0.5) is 11.4 Å². The molecule has 3 aromatic carbocycles. The van der Waals surface area contributed by atoms with Crippen molar-refractivity contribution in [1.29, 1.82) is 0 Å². The van der Waals surface area contributed by atoms with Crippen LogP contribution in [-0.4, -0.2) is 10.8 Å². The zero-order chi connectivity index (χ0) is 21.7. The van der Waals surface area contributed by atoms with Crippen LogP contribution in [0.25, 0.3) is 0 Å². The Bertz CT molecular complexity index is 1040. The molecule has 0 spiro atoms. The lowest BCUT2D eigenvalue weighted by atomic mass is 9.78. The number of carbonyl (C=O) groups excluding carboxylic acids is 1. The van der Waals surface area contributed by atoms with Crippen LogP contribution in [0.5, 0.6) is 5.75 Å². The number of ether oxygens (including phenoxy) is 1. The second kappa shape index (κ2) is 9.00. The molecule has 1 fully saturated rings. The summed E-state index contributed by atoms with van der Waals surface area (Å²) in [4.78, 5) is 23.8. The topological polar surface area (TPSA) is 81.5 Å². The molecule has 1 amide bonds. The monoisotopic (exact) mass is 416 g/mol. The smallest absolute Gasteiger partial charge is 0.269 e. The Morgan fingerprint density at radius 3 is 2.19 bits per heavy atom. The Labute approximate surface area is 181 Å². The van der Waals surface area contributed by atoms with E-state index in [4.69, 9.17) is 4.74 Å². The van der Waals surface area contributed by atoms with Crippen LogP contribution in [0.15, 0.2) is 78.9 Å². The second-order valence-electron chi connectivity index (χ2n) is 7.85. The van der Waals surface area contributed by atoms with Crippen LogP contribution in [0, 0.1) is 10.1 Å². The van der Waals surface area contributed by atoms with E-state index in [1.54, 1.807) is 12.1 Å². The number of rotatable bonds is 7. The van der Waals surface area contributed by atoms with Crippen LogP contribution in [0.2, 0.25) is 0 Å². The van der Waals surface area contributed by atoms with Gasteiger partial charge < -0.3 is 10.1 Å². The molecule has 158 valence electrons. The van der Waals surface area contributed by atoms with Gasteiger partial charge in [-0.15, -0.1) is 0 Å². The molecule has 0 atom stereocenters. The minimum absolute atomic E-state index is 0.0309. The molecule has 6 nitrogen and oxygen atoms in total. The van der Waals surface area contributed by atoms with Gasteiger partial charge in [-0.2, -0.15) is 0 Å². The van der Waals surface area contributed by atoms with E-state index >= 15 is 0 Å². The Balaban J connectivity index is 1.44. The molecular formula is C25H24N2O4. The summed E-state index contributed by atoms with van der Waals surface area (Å²) < 4.78 is 5.80. The van der Waals surface area contributed by atoms with E-state index in [0.29, 0.717) is 12.3 Å². The maximum absolute atomic E-state index is 13.3. The first kappa shape index (κ1) is 20.6. The number of amides is 1. The molecule has 31 heavy (non-hydrogen) atoms. The number of benzene rings is 3. The van der Waals surface area contributed by atoms with Gasteiger partial charge in [0.2, 0.25) is 5.91 Å². The van der Waals surface area contributed by atoms with Gasteiger partial charge in [0.15, 0.2) is 0 Å². The summed E-state index contributed by atoms with van der Waals surface area (Å²) in [5, 5.41) is 14.0. The van der Waals surface area contributed by atoms with Crippen molar-refractivity contribution in [2.45, 2.75) is 37.7 Å². The Morgan fingerprint density at radius 1 is 0.935 bits per heavy atom. The van der Waals surface area contributed by atoms with E-state index in [0.717, 1.165) is 42.6 Å². The third-order valence-electron chi connectivity index (χ3n) is 5.88. The van der Waals surface area contributed by atoms with Crippen molar-refractivity contribution in [3.8, 4) is 5.75 Å². The zero-order valence-electron chi connectivity index (χ0n) is 17.1. The average molecular weight is 416 g/mol. The third-order valence-corrected chi connectivity index (χ3v) is 5.88. The predicted octanol–water partition coefficient (Wildman–Crippen LogP) is 5.62. The third kappa shape index (κ3) is 4.58. The molecule has 0 saturated heterocycles. The molecule has 1 N–H and O–H groups in total. The summed E-state index contributed by atoms with van der Waals surface area (Å²) in [5.74, 6) is 0.657. The number of carbonyl (C=O) groups is 1. The summed E-state index contributed by atoms with van der Waals surface area (Å²) in [6, 6.07) is 23.6. The highest BCUT2D eigenvalue weighted by molar-refractivity contribution is 5.99. The van der Waals surface area contributed by atoms with Crippen LogP contribution in [-0.2, 0) is 16.8 Å². The fourth-order valence-electron chi connectivity index (χ4n) is 4.15. The average Bonchev–Trinajstić information content (AvgIpc) is 3.31. The van der Waals surface area contributed by atoms with E-state index < -0.39 is 10.3 Å². The van der Waals surface area contributed by atoms with Gasteiger partial charge in [-0.3, -0.25) is 14.9 Å². The number of hydrogen-bond acceptors (Lipinski definition) is 4. The van der Waals surface area contributed by atoms with Crippen molar-refractivity contribution in [2.75, 3.05) is 5.32 Å². The number of nitro groups is 1. The summed E-state index contributed by atoms with van der Waals surface area (Å²) >= 11 is 0. The Hall–Kier alpha value is -3.67. The van der Waals surface area contributed by atoms with Gasteiger partial charge in [0, 0.05) is 17.8 Å². The summed E-state index contributed by atoms with van der Waals surface area (Å²) in [7, 11) is 0. The van der Waals surface area contributed by atoms with Crippen LogP contribution < -0.4 is 10.1 Å². The zero-order valence-corrected chi connectivity index (χ0v) is 17.1. The Morgan fingerprint density at radius 2 is 1.58 bits per heavy atom. The molecular weight excluding hydrogens is 392 g/mol. The van der Waals surface area contributed by atoms with E-state index in [2.05, 4.69) is 5.32 Å². The van der Waals surface area contributed by atoms with Crippen molar-refractivity contribution in [3.05, 3.63) is 100 Å². The molecule has 0 radical (unpaired) electrons. The molecule has 1 aliphatic carbocycles. The van der Waals surface area contributed by atoms with Crippen LogP contribution >= 0.6 is 0 Å². The predicted molar refractivity (Wildman–Crippen MR) is 119 cm³/mol. The van der Waals surface area contributed by atoms with Crippen molar-refractivity contribution in [3.63, 3.8) is 0 Å². The molecule has 6 heteroatoms. The molecule has 0 unspecified atom stereocenters. The first-order valence-electron chi connectivity index (χ1n) is 10.4. The van der Waals surface area contributed by atoms with Gasteiger partial charge in [-0.05, 0) is 48.2 Å². The van der Waals surface area contributed by atoms with Gasteiger partial charge in [0.1, 0.15) is 12.4 Å². The number of hydrogen-bond donors (Lipinski definition) is 1. The van der Waals surface area contributed by atoms with Crippen molar-refractivity contribution >= 4 is 17.3 Å². The molecule has 0 aromatic heterocycles. The SMILES string of the molecule is O=C(Nc1ccc(OCc2ccccc2)cc1)C1(c2ccc([N+](=O)[O-])cc2)CCCC1. The lowest BCUT2D eigenvalue weighted by Crippen LogP contribution is -2.37. The van der Waals surface area contributed by atoms with Gasteiger partial charge in [-0.1, -0.05) is 55.3 Å². The molecule has 3 aromatic rings. The Kier molecular flexibility index (Phi) is 5.98. The van der Waals surface area contributed by atoms with Gasteiger partial charge in [-0.25, -0.2) is 0 Å². The van der Waals surface area contributed by atoms with Crippen molar-refractivity contribution in [1.82, 2.24) is 0 Å². The number of anilines is 1. The molecule has 0 heterocycles. The quantitative estimate of drug-likeness (QED) is 0.400. The summed E-state index contributed by atoms with van der Waals surface area (Å²) in [6.45, 7) is 0.482. The van der Waals surface area contributed by atoms with E-state index in [1.807, 2.05) is 54.6 Å². The first-order valence-corrected chi connectivity index (χ1v) is 10.4. The minimum atomic E-state index is -0.655. The van der Waals surface area contributed by atoms with Gasteiger partial charge >= 0.3 is 0 Å². The second-order valence-corrected chi connectivity index (χ2v) is 7.85. The number of nitrogens with one attached hydrogen (secondary N) is 1. The molecule has 0 aliphatic heterocycles. The number of nitro benzene ring substituents is 1. The highest BCUT2D eigenvalue weighted by Crippen LogP contribution is 2.42. The standard InChI is InChI=1S/C25H24N2O4/c28-24(25(16-4-5-17-25)20-8-12-22(13-9-20)27(29)30)26-21-10-14-23(15-11-21)31-18-19-6-2-1-3-7-19/h1-3,6-15H,4-5,16-18H2,(H,26,28). The minimum Gasteiger partial charge on any atom is -0.489 e.